The van der Waals surface area contributed by atoms with Gasteiger partial charge in [-0.25, -0.2) is 4.79 Å². The molecule has 1 saturated heterocycles. The fraction of sp³-hybridized carbons (Fsp3) is 0.448. The van der Waals surface area contributed by atoms with Crippen molar-refractivity contribution in [2.75, 3.05) is 37.0 Å². The number of unbranched alkanes of at least 4 members (excludes halogenated alkanes) is 1. The Labute approximate surface area is 223 Å². The first-order chi connectivity index (χ1) is 18.1. The summed E-state index contributed by atoms with van der Waals surface area (Å²) in [4.78, 5) is 54.3. The molecular weight excluding hydrogens is 484 g/mol. The molecule has 2 N–H and O–H groups in total. The average molecular weight is 521 g/mol. The van der Waals surface area contributed by atoms with E-state index in [1.165, 1.54) is 9.80 Å². The molecule has 0 aromatic heterocycles. The number of nitrogens with zero attached hydrogens (tertiary/aromatic N) is 2. The summed E-state index contributed by atoms with van der Waals surface area (Å²) in [6.45, 7) is 6.41. The van der Waals surface area contributed by atoms with Gasteiger partial charge in [-0.05, 0) is 55.7 Å². The molecule has 0 bridgehead atoms. The van der Waals surface area contributed by atoms with Crippen LogP contribution in [0.4, 0.5) is 16.2 Å². The number of hydrogen-bond donors (Lipinski definition) is 2. The number of anilines is 2. The van der Waals surface area contributed by atoms with Gasteiger partial charge in [0.25, 0.3) is 5.91 Å². The molecule has 1 unspecified atom stereocenters. The van der Waals surface area contributed by atoms with E-state index in [2.05, 4.69) is 17.6 Å². The van der Waals surface area contributed by atoms with Gasteiger partial charge >= 0.3 is 6.03 Å². The van der Waals surface area contributed by atoms with Crippen molar-refractivity contribution < 1.29 is 23.9 Å². The van der Waals surface area contributed by atoms with Crippen molar-refractivity contribution >= 4 is 35.1 Å². The van der Waals surface area contributed by atoms with Crippen LogP contribution in [-0.4, -0.2) is 61.0 Å². The smallest absolute Gasteiger partial charge is 0.324 e. The van der Waals surface area contributed by atoms with E-state index in [0.29, 0.717) is 30.8 Å². The Balaban J connectivity index is 1.47. The van der Waals surface area contributed by atoms with Crippen molar-refractivity contribution in [3.05, 3.63) is 59.7 Å². The highest BCUT2D eigenvalue weighted by Gasteiger charge is 2.54. The number of ether oxygens (including phenoxy) is 1. The highest BCUT2D eigenvalue weighted by Crippen LogP contribution is 2.38. The van der Waals surface area contributed by atoms with E-state index >= 15 is 0 Å². The predicted molar refractivity (Wildman–Crippen MR) is 145 cm³/mol. The number of likely N-dealkylation sites (N-methyl/N-ethyl adjacent to an activating group) is 1. The zero-order valence-corrected chi connectivity index (χ0v) is 22.5. The van der Waals surface area contributed by atoms with Crippen LogP contribution in [0, 0.1) is 5.41 Å². The number of benzene rings is 2. The van der Waals surface area contributed by atoms with Crippen LogP contribution in [0.1, 0.15) is 44.7 Å². The molecule has 1 atom stereocenters. The van der Waals surface area contributed by atoms with Crippen LogP contribution in [0.15, 0.2) is 48.5 Å². The first-order valence-corrected chi connectivity index (χ1v) is 13.0. The van der Waals surface area contributed by atoms with Crippen LogP contribution in [-0.2, 0) is 32.0 Å². The quantitative estimate of drug-likeness (QED) is 0.368. The summed E-state index contributed by atoms with van der Waals surface area (Å²) in [6, 6.07) is 14.2. The fourth-order valence-corrected chi connectivity index (χ4v) is 5.01. The molecule has 1 aliphatic carbocycles. The number of nitrogens with one attached hydrogen (secondary N) is 2. The monoisotopic (exact) mass is 520 g/mol. The molecule has 1 fully saturated rings. The van der Waals surface area contributed by atoms with Crippen molar-refractivity contribution in [2.24, 2.45) is 5.41 Å². The molecule has 5 amide bonds. The Bertz CT molecular complexity index is 1230. The van der Waals surface area contributed by atoms with Gasteiger partial charge < -0.3 is 19.9 Å². The van der Waals surface area contributed by atoms with Gasteiger partial charge in [0.15, 0.2) is 0 Å². The minimum absolute atomic E-state index is 0.165. The summed E-state index contributed by atoms with van der Waals surface area (Å²) in [6.07, 6.45) is 2.74. The second-order valence-electron chi connectivity index (χ2n) is 10.8. The maximum atomic E-state index is 13.6. The molecule has 4 rings (SSSR count). The summed E-state index contributed by atoms with van der Waals surface area (Å²) in [5, 5.41) is 5.29. The number of carbonyl (C=O) groups is 4. The Hall–Kier alpha value is -3.72. The molecule has 0 radical (unpaired) electrons. The van der Waals surface area contributed by atoms with Gasteiger partial charge in [0, 0.05) is 37.9 Å². The van der Waals surface area contributed by atoms with E-state index in [0.717, 1.165) is 24.0 Å². The zero-order chi connectivity index (χ0) is 27.5. The van der Waals surface area contributed by atoms with E-state index in [9.17, 15) is 19.2 Å². The van der Waals surface area contributed by atoms with Crippen molar-refractivity contribution in [1.82, 2.24) is 10.2 Å². The van der Waals surface area contributed by atoms with E-state index in [4.69, 9.17) is 4.74 Å². The summed E-state index contributed by atoms with van der Waals surface area (Å²) >= 11 is 0. The molecule has 9 nitrogen and oxygen atoms in total. The van der Waals surface area contributed by atoms with Gasteiger partial charge in [-0.3, -0.25) is 19.7 Å². The van der Waals surface area contributed by atoms with Gasteiger partial charge in [0.05, 0.1) is 12.0 Å². The van der Waals surface area contributed by atoms with Crippen LogP contribution in [0.25, 0.3) is 0 Å². The van der Waals surface area contributed by atoms with E-state index in [-0.39, 0.29) is 30.9 Å². The van der Waals surface area contributed by atoms with Crippen LogP contribution >= 0.6 is 0 Å². The van der Waals surface area contributed by atoms with Gasteiger partial charge in [0.1, 0.15) is 12.1 Å². The van der Waals surface area contributed by atoms with Gasteiger partial charge in [-0.1, -0.05) is 37.6 Å². The Morgan fingerprint density at radius 3 is 2.47 bits per heavy atom. The lowest BCUT2D eigenvalue weighted by Crippen LogP contribution is -2.48. The van der Waals surface area contributed by atoms with Crippen molar-refractivity contribution in [3.63, 3.8) is 0 Å². The van der Waals surface area contributed by atoms with E-state index in [1.54, 1.807) is 25.2 Å². The number of urea groups is 1. The second-order valence-corrected chi connectivity index (χ2v) is 10.8. The maximum Gasteiger partial charge on any atom is 0.324 e. The molecule has 9 heteroatoms. The first-order valence-electron chi connectivity index (χ1n) is 13.0. The third-order valence-corrected chi connectivity index (χ3v) is 7.34. The molecule has 1 heterocycles. The Kier molecular flexibility index (Phi) is 7.87. The van der Waals surface area contributed by atoms with Gasteiger partial charge in [-0.15, -0.1) is 0 Å². The lowest BCUT2D eigenvalue weighted by atomic mass is 9.92. The molecule has 202 valence electrons. The minimum atomic E-state index is -0.927. The number of carbonyl (C=O) groups excluding carboxylic acids is 4. The zero-order valence-electron chi connectivity index (χ0n) is 22.5. The standard InChI is InChI=1S/C29H36N4O5/c1-5-6-14-38-19-28(2,3)26(36)33(23-10-8-7-9-11-23)18-24(34)30-22-13-12-20-16-29(17-21(20)15-22)25(35)31-27(37)32(29)4/h7-13,15H,5-6,14,16-19H2,1-4H3,(H,30,34)(H,31,35,37). The summed E-state index contributed by atoms with van der Waals surface area (Å²) in [5.41, 5.74) is 1.32. The molecule has 2 aliphatic rings. The lowest BCUT2D eigenvalue weighted by Gasteiger charge is -2.31. The summed E-state index contributed by atoms with van der Waals surface area (Å²) in [7, 11) is 1.63. The number of amides is 5. The van der Waals surface area contributed by atoms with E-state index in [1.807, 2.05) is 44.2 Å². The number of para-hydroxylation sites is 1. The molecule has 2 aromatic rings. The summed E-state index contributed by atoms with van der Waals surface area (Å²) in [5.74, 6) is -0.847. The van der Waals surface area contributed by atoms with Crippen molar-refractivity contribution in [1.29, 1.82) is 0 Å². The highest BCUT2D eigenvalue weighted by atomic mass is 16.5. The Morgan fingerprint density at radius 2 is 1.82 bits per heavy atom. The van der Waals surface area contributed by atoms with Gasteiger partial charge in [-0.2, -0.15) is 0 Å². The Morgan fingerprint density at radius 1 is 1.11 bits per heavy atom. The fourth-order valence-electron chi connectivity index (χ4n) is 5.01. The molecule has 1 aliphatic heterocycles. The second kappa shape index (κ2) is 10.9. The highest BCUT2D eigenvalue weighted by molar-refractivity contribution is 6.08. The minimum Gasteiger partial charge on any atom is -0.380 e. The van der Waals surface area contributed by atoms with E-state index < -0.39 is 17.0 Å². The third-order valence-electron chi connectivity index (χ3n) is 7.34. The molecule has 1 spiro atoms. The number of hydrogen-bond acceptors (Lipinski definition) is 5. The largest absolute Gasteiger partial charge is 0.380 e. The number of rotatable bonds is 10. The number of imide groups is 1. The number of fused-ring (bicyclic) bond motifs is 1. The molecule has 0 saturated carbocycles. The topological polar surface area (TPSA) is 108 Å². The summed E-state index contributed by atoms with van der Waals surface area (Å²) < 4.78 is 5.75. The molecule has 38 heavy (non-hydrogen) atoms. The SMILES string of the molecule is CCCCOCC(C)(C)C(=O)N(CC(=O)Nc1ccc2c(c1)CC1(C2)C(=O)NC(=O)N1C)c1ccccc1. The first kappa shape index (κ1) is 27.3. The van der Waals surface area contributed by atoms with Crippen LogP contribution in [0.5, 0.6) is 0 Å². The lowest BCUT2D eigenvalue weighted by molar-refractivity contribution is -0.131. The normalized spacial score (nSPS) is 18.5. The predicted octanol–water partition coefficient (Wildman–Crippen LogP) is 3.52. The van der Waals surface area contributed by atoms with Crippen molar-refractivity contribution in [3.8, 4) is 0 Å². The maximum absolute atomic E-state index is 13.6. The van der Waals surface area contributed by atoms with Crippen LogP contribution < -0.4 is 15.5 Å². The third kappa shape index (κ3) is 5.43. The molecule has 2 aromatic carbocycles. The average Bonchev–Trinajstić information content (AvgIpc) is 3.38. The molecular formula is C29H36N4O5. The van der Waals surface area contributed by atoms with Gasteiger partial charge in [0.2, 0.25) is 11.8 Å². The van der Waals surface area contributed by atoms with Crippen LogP contribution in [0.2, 0.25) is 0 Å². The van der Waals surface area contributed by atoms with Crippen molar-refractivity contribution in [2.45, 2.75) is 52.0 Å². The van der Waals surface area contributed by atoms with Crippen LogP contribution in [0.3, 0.4) is 0 Å².